The number of nitrogen functional groups attached to an aromatic ring is 1. The van der Waals surface area contributed by atoms with E-state index in [9.17, 15) is 9.59 Å². The van der Waals surface area contributed by atoms with Crippen LogP contribution in [0.1, 0.15) is 43.8 Å². The second-order valence-corrected chi connectivity index (χ2v) is 7.91. The molecule has 0 fully saturated rings. The van der Waals surface area contributed by atoms with E-state index in [1.807, 2.05) is 30.3 Å². The number of hydrogen-bond acceptors (Lipinski definition) is 6. The molecule has 5 rings (SSSR count). The van der Waals surface area contributed by atoms with E-state index in [2.05, 4.69) is 17.6 Å². The second kappa shape index (κ2) is 8.96. The molecule has 7 heteroatoms. The zero-order valence-corrected chi connectivity index (χ0v) is 18.1. The molecule has 3 aromatic rings. The Balaban J connectivity index is 0.000000282. The molecule has 1 aliphatic heterocycles. The van der Waals surface area contributed by atoms with E-state index in [1.54, 1.807) is 30.3 Å². The van der Waals surface area contributed by atoms with Crippen molar-refractivity contribution in [3.8, 4) is 0 Å². The highest BCUT2D eigenvalue weighted by Gasteiger charge is 2.34. The minimum absolute atomic E-state index is 0.193. The first-order valence-electron chi connectivity index (χ1n) is 9.71. The van der Waals surface area contributed by atoms with E-state index < -0.39 is 0 Å². The molecule has 5 nitrogen and oxygen atoms in total. The highest BCUT2D eigenvalue weighted by atomic mass is 35.5. The standard InChI is InChI=1S/C18H14N2O3S.C6H5Cl/c19-15-11(18-20-6-3-7-23-18)8-12(24)13-14(15)17(22)10-5-2-1-4-9(10)16(13)21;7-6-4-2-1-3-5-6/h1-2,4-5,8,24H,3,6-7,19H2;1-5H. The molecule has 0 amide bonds. The number of aliphatic imine (C=N–C) groups is 1. The maximum Gasteiger partial charge on any atom is 0.218 e. The van der Waals surface area contributed by atoms with Crippen LogP contribution < -0.4 is 5.73 Å². The van der Waals surface area contributed by atoms with Crippen LogP contribution in [0, 0.1) is 0 Å². The van der Waals surface area contributed by atoms with Crippen LogP contribution >= 0.6 is 24.2 Å². The molecule has 1 heterocycles. The van der Waals surface area contributed by atoms with E-state index in [1.165, 1.54) is 0 Å². The van der Waals surface area contributed by atoms with Crippen LogP contribution in [0.3, 0.4) is 0 Å². The van der Waals surface area contributed by atoms with Gasteiger partial charge in [-0.05, 0) is 18.2 Å². The molecule has 0 bridgehead atoms. The lowest BCUT2D eigenvalue weighted by Crippen LogP contribution is -2.25. The Hall–Kier alpha value is -3.09. The van der Waals surface area contributed by atoms with Crippen molar-refractivity contribution in [2.75, 3.05) is 18.9 Å². The van der Waals surface area contributed by atoms with Crippen molar-refractivity contribution in [2.45, 2.75) is 11.3 Å². The molecule has 0 radical (unpaired) electrons. The predicted octanol–water partition coefficient (Wildman–Crippen LogP) is 4.84. The summed E-state index contributed by atoms with van der Waals surface area (Å²) in [6.45, 7) is 1.19. The van der Waals surface area contributed by atoms with Crippen LogP contribution in [0.25, 0.3) is 0 Å². The Bertz CT molecular complexity index is 1210. The third-order valence-electron chi connectivity index (χ3n) is 4.98. The number of halogens is 1. The second-order valence-electron chi connectivity index (χ2n) is 7.00. The van der Waals surface area contributed by atoms with Crippen molar-refractivity contribution < 1.29 is 14.3 Å². The van der Waals surface area contributed by atoms with E-state index in [-0.39, 0.29) is 28.4 Å². The number of anilines is 1. The molecule has 0 saturated carbocycles. The molecular formula is C24H19ClN2O3S. The Morgan fingerprint density at radius 3 is 2.06 bits per heavy atom. The summed E-state index contributed by atoms with van der Waals surface area (Å²) >= 11 is 9.96. The highest BCUT2D eigenvalue weighted by Crippen LogP contribution is 2.37. The molecule has 156 valence electrons. The Kier molecular flexibility index (Phi) is 6.11. The summed E-state index contributed by atoms with van der Waals surface area (Å²) in [5.41, 5.74) is 8.16. The van der Waals surface area contributed by atoms with Crippen molar-refractivity contribution in [3.05, 3.63) is 93.5 Å². The molecule has 0 unspecified atom stereocenters. The third-order valence-corrected chi connectivity index (χ3v) is 5.58. The largest absolute Gasteiger partial charge is 0.477 e. The number of rotatable bonds is 1. The van der Waals surface area contributed by atoms with E-state index >= 15 is 0 Å². The van der Waals surface area contributed by atoms with Gasteiger partial charge in [0.15, 0.2) is 11.6 Å². The number of benzene rings is 3. The first-order chi connectivity index (χ1) is 15.0. The van der Waals surface area contributed by atoms with Gasteiger partial charge >= 0.3 is 0 Å². The fraction of sp³-hybridized carbons (Fsp3) is 0.125. The van der Waals surface area contributed by atoms with Crippen molar-refractivity contribution in [1.29, 1.82) is 0 Å². The van der Waals surface area contributed by atoms with Gasteiger partial charge in [-0.25, -0.2) is 0 Å². The topological polar surface area (TPSA) is 81.8 Å². The van der Waals surface area contributed by atoms with Gasteiger partial charge < -0.3 is 10.5 Å². The third kappa shape index (κ3) is 4.09. The monoisotopic (exact) mass is 450 g/mol. The number of carbonyl (C=O) groups is 2. The average Bonchev–Trinajstić information content (AvgIpc) is 2.80. The van der Waals surface area contributed by atoms with Gasteiger partial charge in [0.25, 0.3) is 0 Å². The summed E-state index contributed by atoms with van der Waals surface area (Å²) in [5, 5.41) is 0.794. The van der Waals surface area contributed by atoms with Crippen LogP contribution in [0.4, 0.5) is 5.69 Å². The van der Waals surface area contributed by atoms with Crippen LogP contribution in [-0.4, -0.2) is 30.6 Å². The lowest BCUT2D eigenvalue weighted by Gasteiger charge is -2.23. The lowest BCUT2D eigenvalue weighted by molar-refractivity contribution is 0.0977. The fourth-order valence-corrected chi connectivity index (χ4v) is 4.00. The molecule has 2 aliphatic rings. The number of ether oxygens (including phenoxy) is 1. The molecule has 0 spiro atoms. The van der Waals surface area contributed by atoms with Crippen molar-refractivity contribution in [1.82, 2.24) is 0 Å². The smallest absolute Gasteiger partial charge is 0.218 e. The van der Waals surface area contributed by atoms with Crippen LogP contribution in [-0.2, 0) is 4.74 Å². The Morgan fingerprint density at radius 2 is 1.52 bits per heavy atom. The normalized spacial score (nSPS) is 14.5. The summed E-state index contributed by atoms with van der Waals surface area (Å²) in [6.07, 6.45) is 0.840. The number of ketones is 2. The minimum Gasteiger partial charge on any atom is -0.477 e. The fourth-order valence-electron chi connectivity index (χ4n) is 3.51. The van der Waals surface area contributed by atoms with Crippen molar-refractivity contribution in [3.63, 3.8) is 0 Å². The molecular weight excluding hydrogens is 432 g/mol. The summed E-state index contributed by atoms with van der Waals surface area (Å²) < 4.78 is 5.56. The van der Waals surface area contributed by atoms with Gasteiger partial charge in [0.05, 0.1) is 23.4 Å². The van der Waals surface area contributed by atoms with Crippen LogP contribution in [0.5, 0.6) is 0 Å². The summed E-state index contributed by atoms with van der Waals surface area (Å²) in [4.78, 5) is 30.4. The predicted molar refractivity (Wildman–Crippen MR) is 125 cm³/mol. The molecule has 2 N–H and O–H groups in total. The average molecular weight is 451 g/mol. The lowest BCUT2D eigenvalue weighted by atomic mass is 9.82. The number of nitrogens with two attached hydrogens (primary N) is 1. The summed E-state index contributed by atoms with van der Waals surface area (Å²) in [7, 11) is 0. The first kappa shape index (κ1) is 21.2. The Morgan fingerprint density at radius 1 is 0.903 bits per heavy atom. The van der Waals surface area contributed by atoms with Gasteiger partial charge in [-0.1, -0.05) is 54.1 Å². The maximum atomic E-state index is 12.9. The number of thiol groups is 1. The van der Waals surface area contributed by atoms with Gasteiger partial charge in [-0.2, -0.15) is 0 Å². The van der Waals surface area contributed by atoms with E-state index in [0.29, 0.717) is 40.6 Å². The highest BCUT2D eigenvalue weighted by molar-refractivity contribution is 7.80. The summed E-state index contributed by atoms with van der Waals surface area (Å²) in [5.74, 6) is -0.114. The van der Waals surface area contributed by atoms with Gasteiger partial charge in [0, 0.05) is 39.6 Å². The zero-order valence-electron chi connectivity index (χ0n) is 16.5. The molecule has 0 aromatic heterocycles. The maximum absolute atomic E-state index is 12.9. The van der Waals surface area contributed by atoms with Crippen LogP contribution in [0.2, 0.25) is 5.02 Å². The minimum atomic E-state index is -0.272. The van der Waals surface area contributed by atoms with Gasteiger partial charge in [-0.15, -0.1) is 12.6 Å². The molecule has 31 heavy (non-hydrogen) atoms. The van der Waals surface area contributed by atoms with Crippen molar-refractivity contribution >= 4 is 47.4 Å². The molecule has 0 atom stereocenters. The summed E-state index contributed by atoms with van der Waals surface area (Å²) in [6, 6.07) is 17.8. The molecule has 1 aliphatic carbocycles. The number of carbonyl (C=O) groups excluding carboxylic acids is 2. The first-order valence-corrected chi connectivity index (χ1v) is 10.5. The number of hydrogen-bond donors (Lipinski definition) is 2. The molecule has 0 saturated heterocycles. The number of fused-ring (bicyclic) bond motifs is 2. The molecule has 3 aromatic carbocycles. The van der Waals surface area contributed by atoms with Crippen LogP contribution in [0.15, 0.2) is 70.6 Å². The zero-order chi connectivity index (χ0) is 22.0. The van der Waals surface area contributed by atoms with Crippen molar-refractivity contribution in [2.24, 2.45) is 4.99 Å². The number of nitrogens with zero attached hydrogens (tertiary/aromatic N) is 1. The Labute approximate surface area is 190 Å². The SMILES string of the molecule is Clc1ccccc1.Nc1c(C2=NCCCO2)cc(S)c2c1C(=O)c1ccccc1C2=O. The quantitative estimate of drug-likeness (QED) is 0.321. The van der Waals surface area contributed by atoms with E-state index in [0.717, 1.165) is 11.4 Å². The van der Waals surface area contributed by atoms with Gasteiger partial charge in [-0.3, -0.25) is 14.6 Å². The van der Waals surface area contributed by atoms with Gasteiger partial charge in [0.1, 0.15) is 0 Å². The van der Waals surface area contributed by atoms with Gasteiger partial charge in [0.2, 0.25) is 5.90 Å². The van der Waals surface area contributed by atoms with E-state index in [4.69, 9.17) is 22.1 Å².